The zero-order valence-corrected chi connectivity index (χ0v) is 35.2. The molecule has 0 aliphatic carbocycles. The minimum absolute atomic E-state index is 1.32. The first kappa shape index (κ1) is 55.4. The Balaban J connectivity index is -0.000000154. The van der Waals surface area contributed by atoms with Crippen LogP contribution < -0.4 is 0 Å². The molecule has 4 heteroatoms. The standard InChI is InChI=1S/4C10H22.C2H6O3P/c4*1-3-5-7-9-10-8-6-4-2;1-4-6(3)5-2/h4*3-10H2,1-2H3;1-2H3/q;;;;+1. The van der Waals surface area contributed by atoms with Crippen molar-refractivity contribution in [2.24, 2.45) is 0 Å². The highest BCUT2D eigenvalue weighted by atomic mass is 31.1. The first-order valence-electron chi connectivity index (χ1n) is 21.0. The van der Waals surface area contributed by atoms with Crippen LogP contribution >= 0.6 is 8.25 Å². The maximum absolute atomic E-state index is 9.88. The molecule has 284 valence electrons. The molecule has 46 heavy (non-hydrogen) atoms. The molecule has 3 nitrogen and oxygen atoms in total. The summed E-state index contributed by atoms with van der Waals surface area (Å²) < 4.78 is 18.3. The Morgan fingerprint density at radius 3 is 0.435 bits per heavy atom. The summed E-state index contributed by atoms with van der Waals surface area (Å²) in [7, 11) is 0.817. The topological polar surface area (TPSA) is 35.5 Å². The second-order valence-corrected chi connectivity index (χ2v) is 14.3. The molecule has 0 fully saturated rings. The fourth-order valence-electron chi connectivity index (χ4n) is 4.90. The summed E-state index contributed by atoms with van der Waals surface area (Å²) in [6.45, 7) is 18.2. The van der Waals surface area contributed by atoms with Gasteiger partial charge in [0.2, 0.25) is 0 Å². The van der Waals surface area contributed by atoms with Gasteiger partial charge in [-0.05, 0) is 0 Å². The number of hydrogen-bond donors (Lipinski definition) is 0. The van der Waals surface area contributed by atoms with Gasteiger partial charge in [-0.25, -0.2) is 0 Å². The summed E-state index contributed by atoms with van der Waals surface area (Å²) >= 11 is 0. The third kappa shape index (κ3) is 79.5. The lowest BCUT2D eigenvalue weighted by molar-refractivity contribution is 0.302. The minimum atomic E-state index is -1.83. The van der Waals surface area contributed by atoms with Crippen molar-refractivity contribution in [3.63, 3.8) is 0 Å². The average Bonchev–Trinajstić information content (AvgIpc) is 3.08. The van der Waals surface area contributed by atoms with E-state index in [4.69, 9.17) is 0 Å². The molecule has 0 aliphatic heterocycles. The summed E-state index contributed by atoms with van der Waals surface area (Å²) in [6, 6.07) is 0. The van der Waals surface area contributed by atoms with Crippen LogP contribution in [0.1, 0.15) is 261 Å². The lowest BCUT2D eigenvalue weighted by atomic mass is 10.1. The predicted molar refractivity (Wildman–Crippen MR) is 215 cm³/mol. The molecule has 0 bridgehead atoms. The van der Waals surface area contributed by atoms with Gasteiger partial charge in [0.1, 0.15) is 0 Å². The summed E-state index contributed by atoms with van der Waals surface area (Å²) in [5, 5.41) is 0. The molecule has 0 heterocycles. The van der Waals surface area contributed by atoms with E-state index in [1.165, 1.54) is 220 Å². The second kappa shape index (κ2) is 63.7. The van der Waals surface area contributed by atoms with Crippen molar-refractivity contribution >= 4 is 8.25 Å². The van der Waals surface area contributed by atoms with Crippen LogP contribution in [0.15, 0.2) is 0 Å². The van der Waals surface area contributed by atoms with Gasteiger partial charge in [-0.15, -0.1) is 9.05 Å². The zero-order chi connectivity index (χ0) is 35.6. The van der Waals surface area contributed by atoms with Crippen molar-refractivity contribution in [2.75, 3.05) is 14.2 Å². The maximum Gasteiger partial charge on any atom is 0.696 e. The van der Waals surface area contributed by atoms with E-state index in [1.807, 2.05) is 0 Å². The summed E-state index contributed by atoms with van der Waals surface area (Å²) in [4.78, 5) is 0. The van der Waals surface area contributed by atoms with Crippen LogP contribution in [0.25, 0.3) is 0 Å². The van der Waals surface area contributed by atoms with Crippen LogP contribution in [0, 0.1) is 0 Å². The molecule has 0 unspecified atom stereocenters. The van der Waals surface area contributed by atoms with E-state index in [1.54, 1.807) is 0 Å². The number of hydrogen-bond acceptors (Lipinski definition) is 3. The van der Waals surface area contributed by atoms with Crippen molar-refractivity contribution in [1.29, 1.82) is 0 Å². The van der Waals surface area contributed by atoms with Crippen LogP contribution in [0.5, 0.6) is 0 Å². The Morgan fingerprint density at radius 1 is 0.261 bits per heavy atom. The van der Waals surface area contributed by atoms with E-state index < -0.39 is 8.25 Å². The van der Waals surface area contributed by atoms with Crippen molar-refractivity contribution in [1.82, 2.24) is 0 Å². The predicted octanol–water partition coefficient (Wildman–Crippen LogP) is 17.5. The molecule has 0 saturated carbocycles. The van der Waals surface area contributed by atoms with Gasteiger partial charge in [0, 0.05) is 4.57 Å². The zero-order valence-electron chi connectivity index (χ0n) is 34.3. The fraction of sp³-hybridized carbons (Fsp3) is 1.00. The lowest BCUT2D eigenvalue weighted by Gasteiger charge is -1.97. The van der Waals surface area contributed by atoms with Crippen molar-refractivity contribution < 1.29 is 13.6 Å². The van der Waals surface area contributed by atoms with Gasteiger partial charge in [-0.1, -0.05) is 261 Å². The van der Waals surface area contributed by atoms with Crippen LogP contribution in [0.2, 0.25) is 0 Å². The van der Waals surface area contributed by atoms with Gasteiger partial charge in [0.25, 0.3) is 0 Å². The van der Waals surface area contributed by atoms with Gasteiger partial charge < -0.3 is 0 Å². The Bertz CT molecular complexity index is 343. The van der Waals surface area contributed by atoms with E-state index in [0.29, 0.717) is 0 Å². The molecule has 0 aromatic carbocycles. The molecule has 0 aromatic heterocycles. The highest BCUT2D eigenvalue weighted by Crippen LogP contribution is 2.18. The van der Waals surface area contributed by atoms with Crippen LogP contribution in [-0.2, 0) is 13.6 Å². The van der Waals surface area contributed by atoms with Gasteiger partial charge in [0.15, 0.2) is 0 Å². The molecule has 0 N–H and O–H groups in total. The first-order chi connectivity index (χ1) is 22.5. The van der Waals surface area contributed by atoms with E-state index in [0.717, 1.165) is 0 Å². The molecule has 0 radical (unpaired) electrons. The average molecular weight is 678 g/mol. The first-order valence-corrected chi connectivity index (χ1v) is 22.1. The quantitative estimate of drug-likeness (QED) is 0.0561. The maximum atomic E-state index is 9.88. The Kier molecular flexibility index (Phi) is 76.7. The van der Waals surface area contributed by atoms with E-state index >= 15 is 0 Å². The Labute approximate surface area is 296 Å². The third-order valence-electron chi connectivity index (χ3n) is 8.13. The molecule has 0 rings (SSSR count). The second-order valence-electron chi connectivity index (χ2n) is 13.1. The lowest BCUT2D eigenvalue weighted by Crippen LogP contribution is -1.77. The van der Waals surface area contributed by atoms with Gasteiger partial charge in [-0.3, -0.25) is 0 Å². The molecule has 0 aromatic rings. The Hall–Kier alpha value is 0.0200. The Morgan fingerprint density at radius 2 is 0.370 bits per heavy atom. The number of rotatable bonds is 30. The summed E-state index contributed by atoms with van der Waals surface area (Å²) in [5.41, 5.74) is 0. The van der Waals surface area contributed by atoms with Crippen LogP contribution in [0.4, 0.5) is 0 Å². The third-order valence-corrected chi connectivity index (χ3v) is 8.72. The molecular formula is C42H94O3P+. The van der Waals surface area contributed by atoms with E-state index in [-0.39, 0.29) is 0 Å². The highest BCUT2D eigenvalue weighted by molar-refractivity contribution is 7.33. The van der Waals surface area contributed by atoms with Gasteiger partial charge in [-0.2, -0.15) is 0 Å². The van der Waals surface area contributed by atoms with Crippen LogP contribution in [-0.4, -0.2) is 14.2 Å². The molecule has 0 spiro atoms. The SMILES string of the molecule is CCCCCCCCCC.CCCCCCCCCC.CCCCCCCCCC.CCCCCCCCCC.CO[P+](=O)OC. The molecular weight excluding hydrogens is 583 g/mol. The van der Waals surface area contributed by atoms with Gasteiger partial charge in [0.05, 0.1) is 14.2 Å². The van der Waals surface area contributed by atoms with Crippen molar-refractivity contribution in [2.45, 2.75) is 261 Å². The fourth-order valence-corrected chi connectivity index (χ4v) is 5.05. The molecule has 0 saturated heterocycles. The largest absolute Gasteiger partial charge is 0.696 e. The molecule has 0 atom stereocenters. The van der Waals surface area contributed by atoms with E-state index in [2.05, 4.69) is 64.4 Å². The van der Waals surface area contributed by atoms with Crippen molar-refractivity contribution in [3.8, 4) is 0 Å². The van der Waals surface area contributed by atoms with Crippen LogP contribution in [0.3, 0.4) is 0 Å². The van der Waals surface area contributed by atoms with Gasteiger partial charge >= 0.3 is 8.25 Å². The van der Waals surface area contributed by atoms with E-state index in [9.17, 15) is 4.57 Å². The minimum Gasteiger partial charge on any atom is -0.122 e. The smallest absolute Gasteiger partial charge is 0.122 e. The van der Waals surface area contributed by atoms with Crippen molar-refractivity contribution in [3.05, 3.63) is 0 Å². The molecule has 0 amide bonds. The summed E-state index contributed by atoms with van der Waals surface area (Å²) in [5.74, 6) is 0. The number of unbranched alkanes of at least 4 members (excludes halogenated alkanes) is 28. The summed E-state index contributed by atoms with van der Waals surface area (Å²) in [6.07, 6.45) is 45.8. The monoisotopic (exact) mass is 678 g/mol. The normalized spacial score (nSPS) is 9.96. The highest BCUT2D eigenvalue weighted by Gasteiger charge is 2.10. The molecule has 0 aliphatic rings.